The number of imidazole rings is 1. The van der Waals surface area contributed by atoms with Crippen LogP contribution in [0.25, 0.3) is 11.2 Å². The predicted molar refractivity (Wildman–Crippen MR) is 154 cm³/mol. The van der Waals surface area contributed by atoms with Gasteiger partial charge in [0.25, 0.3) is 0 Å². The average Bonchev–Trinajstić information content (AvgIpc) is 3.52. The highest BCUT2D eigenvalue weighted by molar-refractivity contribution is 9.10. The highest BCUT2D eigenvalue weighted by atomic mass is 79.9. The van der Waals surface area contributed by atoms with Crippen LogP contribution in [0.1, 0.15) is 33.2 Å². The van der Waals surface area contributed by atoms with Gasteiger partial charge in [0.05, 0.1) is 32.7 Å². The van der Waals surface area contributed by atoms with E-state index < -0.39 is 13.2 Å². The molecule has 14 heteroatoms. The Morgan fingerprint density at radius 3 is 2.64 bits per heavy atom. The van der Waals surface area contributed by atoms with E-state index in [1.807, 2.05) is 37.5 Å². The van der Waals surface area contributed by atoms with Gasteiger partial charge in [0, 0.05) is 21.6 Å². The number of methoxy groups -OCH3 is 1. The second kappa shape index (κ2) is 12.4. The summed E-state index contributed by atoms with van der Waals surface area (Å²) >= 11 is 4.50. The summed E-state index contributed by atoms with van der Waals surface area (Å²) in [5.74, 6) is 0.990. The fraction of sp³-hybridized carbons (Fsp3) is 0.440. The number of thioether (sulfide) groups is 1. The topological polar surface area (TPSA) is 141 Å². The molecule has 1 unspecified atom stereocenters. The lowest BCUT2D eigenvalue weighted by Crippen LogP contribution is -2.17. The van der Waals surface area contributed by atoms with Crippen LogP contribution < -0.4 is 15.0 Å². The number of ether oxygens (including phenoxy) is 1. The summed E-state index contributed by atoms with van der Waals surface area (Å²) in [5, 5.41) is 0.0227. The fourth-order valence-electron chi connectivity index (χ4n) is 3.78. The van der Waals surface area contributed by atoms with Crippen LogP contribution in [0.2, 0.25) is 0 Å². The van der Waals surface area contributed by atoms with Gasteiger partial charge < -0.3 is 19.6 Å². The number of rotatable bonds is 11. The summed E-state index contributed by atoms with van der Waals surface area (Å²) in [5.41, 5.74) is 6.45. The van der Waals surface area contributed by atoms with E-state index in [-0.39, 0.29) is 36.2 Å². The van der Waals surface area contributed by atoms with Crippen LogP contribution >= 0.6 is 35.5 Å². The number of fused-ring (bicyclic) bond motifs is 1. The number of carbonyl (C=O) groups excluding carboxylic acids is 1. The molecule has 0 amide bonds. The normalized spacial score (nSPS) is 18.8. The molecule has 1 aliphatic carbocycles. The standard InChI is InChI=1S/C25H31BrN5O6PS/c1-25(2,3)23(32)39-12-11-35-38(33,37-19-9-6-17(26)7-10-19)36-14-16-5-8-18(13-16)31-15-28-20-21(31)29-24(27)30-22(20)34-4/h5-10,15-16,18H,11-14H2,1-4H3,(H2,27,29,30)/t16-,18+,38?/m1/s1. The lowest BCUT2D eigenvalue weighted by atomic mass is 10.00. The molecule has 0 radical (unpaired) electrons. The lowest BCUT2D eigenvalue weighted by molar-refractivity contribution is -0.117. The van der Waals surface area contributed by atoms with Crippen molar-refractivity contribution in [2.75, 3.05) is 31.8 Å². The fourth-order valence-corrected chi connectivity index (χ4v) is 6.20. The van der Waals surface area contributed by atoms with Gasteiger partial charge in [0.2, 0.25) is 11.8 Å². The first-order chi connectivity index (χ1) is 18.5. The number of allylic oxidation sites excluding steroid dienone is 1. The number of carbonyl (C=O) groups is 1. The van der Waals surface area contributed by atoms with Gasteiger partial charge in [-0.2, -0.15) is 9.97 Å². The zero-order valence-electron chi connectivity index (χ0n) is 22.1. The Bertz CT molecular complexity index is 1390. The zero-order chi connectivity index (χ0) is 28.2. The number of phosphoric acid groups is 1. The molecule has 0 saturated carbocycles. The number of benzene rings is 1. The van der Waals surface area contributed by atoms with Gasteiger partial charge in [-0.05, 0) is 30.7 Å². The smallest absolute Gasteiger partial charge is 0.479 e. The molecule has 4 rings (SSSR count). The second-order valence-corrected chi connectivity index (χ2v) is 13.4. The Morgan fingerprint density at radius 1 is 1.21 bits per heavy atom. The third-order valence-electron chi connectivity index (χ3n) is 5.76. The highest BCUT2D eigenvalue weighted by Crippen LogP contribution is 2.50. The first-order valence-electron chi connectivity index (χ1n) is 12.2. The molecule has 3 aromatic rings. The van der Waals surface area contributed by atoms with Gasteiger partial charge in [-0.1, -0.05) is 60.6 Å². The van der Waals surface area contributed by atoms with E-state index >= 15 is 0 Å². The quantitative estimate of drug-likeness (QED) is 0.154. The Kier molecular flexibility index (Phi) is 9.38. The van der Waals surface area contributed by atoms with Crippen molar-refractivity contribution in [3.8, 4) is 11.6 Å². The molecule has 0 bridgehead atoms. The molecular formula is C25H31BrN5O6PS. The minimum absolute atomic E-state index is 0.0212. The van der Waals surface area contributed by atoms with Crippen LogP contribution in [0.5, 0.6) is 11.6 Å². The molecule has 39 heavy (non-hydrogen) atoms. The van der Waals surface area contributed by atoms with Crippen LogP contribution in [0.15, 0.2) is 47.2 Å². The van der Waals surface area contributed by atoms with Crippen molar-refractivity contribution in [1.29, 1.82) is 0 Å². The van der Waals surface area contributed by atoms with Crippen molar-refractivity contribution in [1.82, 2.24) is 19.5 Å². The van der Waals surface area contributed by atoms with E-state index in [1.54, 1.807) is 30.6 Å². The number of nitrogens with two attached hydrogens (primary N) is 1. The van der Waals surface area contributed by atoms with E-state index in [0.717, 1.165) is 16.2 Å². The molecular weight excluding hydrogens is 609 g/mol. The molecule has 2 heterocycles. The molecule has 0 saturated heterocycles. The number of nitrogens with zero attached hydrogens (tertiary/aromatic N) is 4. The van der Waals surface area contributed by atoms with Crippen molar-refractivity contribution in [3.63, 3.8) is 0 Å². The van der Waals surface area contributed by atoms with E-state index in [4.69, 9.17) is 24.0 Å². The summed E-state index contributed by atoms with van der Waals surface area (Å²) in [6, 6.07) is 6.79. The number of anilines is 1. The summed E-state index contributed by atoms with van der Waals surface area (Å²) in [6.07, 6.45) is 6.31. The molecule has 11 nitrogen and oxygen atoms in total. The van der Waals surface area contributed by atoms with Crippen molar-refractivity contribution in [3.05, 3.63) is 47.2 Å². The molecule has 2 N–H and O–H groups in total. The molecule has 3 atom stereocenters. The van der Waals surface area contributed by atoms with Gasteiger partial charge in [0.15, 0.2) is 16.3 Å². The monoisotopic (exact) mass is 639 g/mol. The van der Waals surface area contributed by atoms with E-state index in [2.05, 4.69) is 30.9 Å². The largest absolute Gasteiger partial charge is 0.530 e. The lowest BCUT2D eigenvalue weighted by Gasteiger charge is -2.21. The van der Waals surface area contributed by atoms with Gasteiger partial charge >= 0.3 is 7.82 Å². The van der Waals surface area contributed by atoms with E-state index in [9.17, 15) is 9.36 Å². The Morgan fingerprint density at radius 2 is 1.95 bits per heavy atom. The van der Waals surface area contributed by atoms with Gasteiger partial charge in [-0.3, -0.25) is 13.8 Å². The maximum Gasteiger partial charge on any atom is 0.530 e. The Balaban J connectivity index is 1.40. The summed E-state index contributed by atoms with van der Waals surface area (Å²) in [7, 11) is -2.49. The maximum atomic E-state index is 13.6. The molecule has 0 spiro atoms. The van der Waals surface area contributed by atoms with Crippen molar-refractivity contribution in [2.45, 2.75) is 33.2 Å². The first-order valence-corrected chi connectivity index (χ1v) is 15.5. The summed E-state index contributed by atoms with van der Waals surface area (Å²) in [4.78, 5) is 25.0. The number of nitrogen functional groups attached to an aromatic ring is 1. The van der Waals surface area contributed by atoms with E-state index in [1.165, 1.54) is 7.11 Å². The van der Waals surface area contributed by atoms with Crippen LogP contribution in [-0.4, -0.2) is 50.7 Å². The zero-order valence-corrected chi connectivity index (χ0v) is 25.4. The summed E-state index contributed by atoms with van der Waals surface area (Å²) < 4.78 is 38.7. The van der Waals surface area contributed by atoms with Crippen LogP contribution in [-0.2, 0) is 18.4 Å². The predicted octanol–water partition coefficient (Wildman–Crippen LogP) is 5.82. The molecule has 1 aromatic carbocycles. The number of halogens is 1. The van der Waals surface area contributed by atoms with Gasteiger partial charge in [-0.25, -0.2) is 9.55 Å². The molecule has 1 aliphatic rings. The Labute approximate surface area is 239 Å². The third kappa shape index (κ3) is 7.61. The third-order valence-corrected chi connectivity index (χ3v) is 8.94. The van der Waals surface area contributed by atoms with Crippen molar-refractivity contribution in [2.24, 2.45) is 11.3 Å². The first kappa shape index (κ1) is 29.5. The van der Waals surface area contributed by atoms with Crippen LogP contribution in [0.3, 0.4) is 0 Å². The van der Waals surface area contributed by atoms with Crippen molar-refractivity contribution >= 4 is 57.7 Å². The minimum Gasteiger partial charge on any atom is -0.479 e. The molecule has 210 valence electrons. The van der Waals surface area contributed by atoms with Crippen LogP contribution in [0.4, 0.5) is 5.95 Å². The minimum atomic E-state index is -3.99. The number of hydrogen-bond donors (Lipinski definition) is 1. The Hall–Kier alpha value is -2.44. The molecule has 2 aromatic heterocycles. The maximum absolute atomic E-state index is 13.6. The number of aromatic nitrogens is 4. The SMILES string of the molecule is COc1nc(N)nc2c1ncn2[C@H]1C=C[C@@H](COP(=O)(OCCSC(=O)C(C)(C)C)Oc2ccc(Br)cc2)C1. The van der Waals surface area contributed by atoms with E-state index in [0.29, 0.717) is 35.0 Å². The highest BCUT2D eigenvalue weighted by Gasteiger charge is 2.32. The average molecular weight is 640 g/mol. The number of phosphoric ester groups is 1. The molecule has 0 fully saturated rings. The number of hydrogen-bond acceptors (Lipinski definition) is 11. The van der Waals surface area contributed by atoms with Crippen molar-refractivity contribution < 1.29 is 27.7 Å². The second-order valence-electron chi connectivity index (χ2n) is 9.87. The molecule has 0 aliphatic heterocycles. The van der Waals surface area contributed by atoms with Gasteiger partial charge in [-0.15, -0.1) is 0 Å². The van der Waals surface area contributed by atoms with Gasteiger partial charge in [0.1, 0.15) is 5.75 Å². The summed E-state index contributed by atoms with van der Waals surface area (Å²) in [6.45, 7) is 5.67. The van der Waals surface area contributed by atoms with Crippen LogP contribution in [0, 0.1) is 11.3 Å².